The minimum atomic E-state index is -0.127. The molecular weight excluding hydrogens is 352 g/mol. The van der Waals surface area contributed by atoms with Crippen molar-refractivity contribution >= 4 is 5.91 Å². The number of aromatic nitrogens is 1. The van der Waals surface area contributed by atoms with Crippen LogP contribution in [0.25, 0.3) is 0 Å². The number of rotatable bonds is 8. The highest BCUT2D eigenvalue weighted by Crippen LogP contribution is 2.19. The predicted octanol–water partition coefficient (Wildman–Crippen LogP) is 3.15. The lowest BCUT2D eigenvalue weighted by molar-refractivity contribution is -0.127. The van der Waals surface area contributed by atoms with Gasteiger partial charge in [0.1, 0.15) is 0 Å². The van der Waals surface area contributed by atoms with Crippen LogP contribution in [0.15, 0.2) is 40.9 Å². The van der Waals surface area contributed by atoms with Crippen LogP contribution in [0.4, 0.5) is 0 Å². The third-order valence-corrected chi connectivity index (χ3v) is 5.49. The van der Waals surface area contributed by atoms with Crippen LogP contribution in [0, 0.1) is 6.92 Å². The van der Waals surface area contributed by atoms with Crippen LogP contribution < -0.4 is 5.32 Å². The molecule has 1 saturated heterocycles. The molecule has 0 spiro atoms. The largest absolute Gasteiger partial charge is 0.360 e. The van der Waals surface area contributed by atoms with E-state index in [2.05, 4.69) is 39.3 Å². The van der Waals surface area contributed by atoms with Gasteiger partial charge < -0.3 is 9.84 Å². The monoisotopic (exact) mass is 384 g/mol. The Hall–Kier alpha value is -2.18. The lowest BCUT2D eigenvalue weighted by Gasteiger charge is -2.37. The number of hydrogen-bond donors (Lipinski definition) is 1. The molecule has 1 aliphatic heterocycles. The van der Waals surface area contributed by atoms with Crippen molar-refractivity contribution in [3.63, 3.8) is 0 Å². The van der Waals surface area contributed by atoms with Crippen molar-refractivity contribution < 1.29 is 9.32 Å². The highest BCUT2D eigenvalue weighted by Gasteiger charge is 2.27. The first-order chi connectivity index (χ1) is 13.6. The molecule has 152 valence electrons. The van der Waals surface area contributed by atoms with Gasteiger partial charge in [-0.15, -0.1) is 0 Å². The van der Waals surface area contributed by atoms with E-state index in [1.807, 2.05) is 38.1 Å². The van der Waals surface area contributed by atoms with Crippen molar-refractivity contribution in [3.05, 3.63) is 53.4 Å². The number of benzene rings is 1. The summed E-state index contributed by atoms with van der Waals surface area (Å²) >= 11 is 0. The molecule has 0 saturated carbocycles. The number of carbonyl (C=O) groups is 1. The third-order valence-electron chi connectivity index (χ3n) is 5.49. The van der Waals surface area contributed by atoms with E-state index in [0.29, 0.717) is 0 Å². The van der Waals surface area contributed by atoms with E-state index >= 15 is 0 Å². The van der Waals surface area contributed by atoms with Gasteiger partial charge in [0, 0.05) is 32.2 Å². The molecule has 2 aromatic rings. The van der Waals surface area contributed by atoms with E-state index in [-0.39, 0.29) is 18.0 Å². The molecule has 28 heavy (non-hydrogen) atoms. The van der Waals surface area contributed by atoms with E-state index in [1.165, 1.54) is 5.56 Å². The maximum absolute atomic E-state index is 12.9. The molecule has 0 bridgehead atoms. The van der Waals surface area contributed by atoms with Crippen molar-refractivity contribution in [2.45, 2.75) is 52.2 Å². The summed E-state index contributed by atoms with van der Waals surface area (Å²) in [6.45, 7) is 10.5. The minimum Gasteiger partial charge on any atom is -0.360 e. The number of aryl methyl sites for hydroxylation is 1. The molecule has 1 aromatic carbocycles. The summed E-state index contributed by atoms with van der Waals surface area (Å²) < 4.78 is 5.32. The Labute approximate surface area is 167 Å². The third kappa shape index (κ3) is 5.42. The lowest BCUT2D eigenvalue weighted by atomic mass is 10.0. The molecular formula is C22H32N4O2. The van der Waals surface area contributed by atoms with E-state index in [9.17, 15) is 4.79 Å². The molecule has 1 fully saturated rings. The molecule has 2 heterocycles. The van der Waals surface area contributed by atoms with Crippen LogP contribution in [-0.4, -0.2) is 53.1 Å². The maximum atomic E-state index is 12.9. The number of carbonyl (C=O) groups excluding carboxylic acids is 1. The van der Waals surface area contributed by atoms with E-state index in [1.54, 1.807) is 0 Å². The van der Waals surface area contributed by atoms with Gasteiger partial charge in [-0.3, -0.25) is 14.6 Å². The molecule has 0 unspecified atom stereocenters. The number of amides is 1. The first-order valence-electron chi connectivity index (χ1n) is 10.3. The highest BCUT2D eigenvalue weighted by molar-refractivity contribution is 5.81. The fraction of sp³-hybridized carbons (Fsp3) is 0.545. The molecule has 6 nitrogen and oxygen atoms in total. The summed E-state index contributed by atoms with van der Waals surface area (Å²) in [5.74, 6) is 1.02. The fourth-order valence-corrected chi connectivity index (χ4v) is 3.77. The van der Waals surface area contributed by atoms with Crippen molar-refractivity contribution in [3.8, 4) is 0 Å². The Kier molecular flexibility index (Phi) is 7.23. The van der Waals surface area contributed by atoms with E-state index in [4.69, 9.17) is 4.52 Å². The summed E-state index contributed by atoms with van der Waals surface area (Å²) in [6.07, 6.45) is 1.99. The first-order valence-corrected chi connectivity index (χ1v) is 10.3. The summed E-state index contributed by atoms with van der Waals surface area (Å²) in [4.78, 5) is 17.5. The van der Waals surface area contributed by atoms with E-state index in [0.717, 1.165) is 57.0 Å². The van der Waals surface area contributed by atoms with Gasteiger partial charge in [0.15, 0.2) is 5.76 Å². The lowest BCUT2D eigenvalue weighted by Crippen LogP contribution is -2.53. The summed E-state index contributed by atoms with van der Waals surface area (Å²) in [5, 5.41) is 7.22. The molecule has 6 heteroatoms. The Bertz CT molecular complexity index is 738. The Morgan fingerprint density at radius 1 is 1.21 bits per heavy atom. The number of nitrogens with zero attached hydrogens (tertiary/aromatic N) is 3. The standard InChI is InChI=1S/C22H32N4O2/c1-4-8-21(19-9-6-5-7-10-19)23-22(27)18(3)26-13-11-25(12-14-26)16-20-15-17(2)24-28-20/h5-7,9-10,15,18,21H,4,8,11-14,16H2,1-3H3,(H,23,27)/t18-,21+/m0/s1. The average molecular weight is 385 g/mol. The average Bonchev–Trinajstić information content (AvgIpc) is 3.13. The molecule has 2 atom stereocenters. The second kappa shape index (κ2) is 9.85. The Morgan fingerprint density at radius 3 is 2.54 bits per heavy atom. The smallest absolute Gasteiger partial charge is 0.237 e. The molecule has 1 amide bonds. The topological polar surface area (TPSA) is 61.6 Å². The second-order valence-electron chi connectivity index (χ2n) is 7.68. The predicted molar refractivity (Wildman–Crippen MR) is 110 cm³/mol. The minimum absolute atomic E-state index is 0.0807. The zero-order chi connectivity index (χ0) is 19.9. The molecule has 1 N–H and O–H groups in total. The fourth-order valence-electron chi connectivity index (χ4n) is 3.77. The zero-order valence-electron chi connectivity index (χ0n) is 17.2. The van der Waals surface area contributed by atoms with Crippen molar-refractivity contribution in [2.75, 3.05) is 26.2 Å². The van der Waals surface area contributed by atoms with Gasteiger partial charge in [0.05, 0.1) is 24.3 Å². The zero-order valence-corrected chi connectivity index (χ0v) is 17.2. The highest BCUT2D eigenvalue weighted by atomic mass is 16.5. The van der Waals surface area contributed by atoms with Crippen LogP contribution in [-0.2, 0) is 11.3 Å². The number of piperazine rings is 1. The van der Waals surface area contributed by atoms with Gasteiger partial charge in [0.2, 0.25) is 5.91 Å². The van der Waals surface area contributed by atoms with Crippen LogP contribution in [0.3, 0.4) is 0 Å². The van der Waals surface area contributed by atoms with E-state index < -0.39 is 0 Å². The van der Waals surface area contributed by atoms with Crippen molar-refractivity contribution in [1.82, 2.24) is 20.3 Å². The Balaban J connectivity index is 1.50. The molecule has 1 aliphatic rings. The van der Waals surface area contributed by atoms with Crippen molar-refractivity contribution in [2.24, 2.45) is 0 Å². The van der Waals surface area contributed by atoms with Crippen LogP contribution in [0.5, 0.6) is 0 Å². The second-order valence-corrected chi connectivity index (χ2v) is 7.68. The van der Waals surface area contributed by atoms with Crippen LogP contribution in [0.1, 0.15) is 49.7 Å². The van der Waals surface area contributed by atoms with Gasteiger partial charge in [0.25, 0.3) is 0 Å². The summed E-state index contributed by atoms with van der Waals surface area (Å²) in [7, 11) is 0. The van der Waals surface area contributed by atoms with Gasteiger partial charge >= 0.3 is 0 Å². The summed E-state index contributed by atoms with van der Waals surface area (Å²) in [5.41, 5.74) is 2.09. The van der Waals surface area contributed by atoms with Crippen LogP contribution in [0.2, 0.25) is 0 Å². The molecule has 0 radical (unpaired) electrons. The maximum Gasteiger partial charge on any atom is 0.237 e. The quantitative estimate of drug-likeness (QED) is 0.758. The van der Waals surface area contributed by atoms with Crippen LogP contribution >= 0.6 is 0 Å². The van der Waals surface area contributed by atoms with Gasteiger partial charge in [-0.1, -0.05) is 48.8 Å². The molecule has 0 aliphatic carbocycles. The first kappa shape index (κ1) is 20.6. The Morgan fingerprint density at radius 2 is 1.93 bits per heavy atom. The molecule has 3 rings (SSSR count). The normalized spacial score (nSPS) is 18.0. The van der Waals surface area contributed by atoms with Gasteiger partial charge in [-0.05, 0) is 25.8 Å². The van der Waals surface area contributed by atoms with Crippen molar-refractivity contribution in [1.29, 1.82) is 0 Å². The SMILES string of the molecule is CCC[C@@H](NC(=O)[C@H](C)N1CCN(Cc2cc(C)no2)CC1)c1ccccc1. The summed E-state index contributed by atoms with van der Waals surface area (Å²) in [6, 6.07) is 12.2. The van der Waals surface area contributed by atoms with Gasteiger partial charge in [-0.2, -0.15) is 0 Å². The number of nitrogens with one attached hydrogen (secondary N) is 1. The molecule has 1 aromatic heterocycles. The van der Waals surface area contributed by atoms with Gasteiger partial charge in [-0.25, -0.2) is 0 Å². The number of hydrogen-bond acceptors (Lipinski definition) is 5.